The van der Waals surface area contributed by atoms with Crippen molar-refractivity contribution in [3.05, 3.63) is 68.7 Å². The van der Waals surface area contributed by atoms with E-state index in [1.54, 1.807) is 7.11 Å². The van der Waals surface area contributed by atoms with Gasteiger partial charge < -0.3 is 10.5 Å². The Bertz CT molecular complexity index is 571. The highest BCUT2D eigenvalue weighted by atomic mass is 79.9. The second-order valence-corrected chi connectivity index (χ2v) is 5.90. The third kappa shape index (κ3) is 3.83. The molecule has 0 fully saturated rings. The summed E-state index contributed by atoms with van der Waals surface area (Å²) in [7, 11) is 1.71. The van der Waals surface area contributed by atoms with Gasteiger partial charge in [0.25, 0.3) is 0 Å². The monoisotopic (exact) mass is 353 g/mol. The molecule has 0 bridgehead atoms. The van der Waals surface area contributed by atoms with E-state index in [-0.39, 0.29) is 6.04 Å². The largest absolute Gasteiger partial charge is 0.384 e. The molecule has 0 aromatic heterocycles. The van der Waals surface area contributed by atoms with Crippen LogP contribution in [0.2, 0.25) is 5.02 Å². The molecule has 0 saturated heterocycles. The summed E-state index contributed by atoms with van der Waals surface area (Å²) in [5, 5.41) is 0.691. The van der Waals surface area contributed by atoms with E-state index < -0.39 is 0 Å². The topological polar surface area (TPSA) is 35.2 Å². The summed E-state index contributed by atoms with van der Waals surface area (Å²) >= 11 is 9.43. The van der Waals surface area contributed by atoms with Crippen LogP contribution in [-0.2, 0) is 11.2 Å². The Balaban J connectivity index is 2.15. The number of methoxy groups -OCH3 is 1. The van der Waals surface area contributed by atoms with Gasteiger partial charge in [-0.2, -0.15) is 0 Å². The molecule has 2 nitrogen and oxygen atoms in total. The van der Waals surface area contributed by atoms with Crippen LogP contribution in [0.25, 0.3) is 0 Å². The fourth-order valence-electron chi connectivity index (χ4n) is 2.01. The minimum Gasteiger partial charge on any atom is -0.384 e. The Morgan fingerprint density at radius 1 is 1.15 bits per heavy atom. The maximum atomic E-state index is 6.30. The SMILES string of the molecule is COCCc1ccc(C(N)c2ccc(Cl)c(Br)c2)cc1. The van der Waals surface area contributed by atoms with Crippen molar-refractivity contribution in [2.45, 2.75) is 12.5 Å². The first-order valence-electron chi connectivity index (χ1n) is 6.40. The van der Waals surface area contributed by atoms with Gasteiger partial charge in [0.1, 0.15) is 0 Å². The number of hydrogen-bond acceptors (Lipinski definition) is 2. The number of halogens is 2. The molecule has 2 rings (SSSR count). The van der Waals surface area contributed by atoms with E-state index in [1.165, 1.54) is 5.56 Å². The predicted molar refractivity (Wildman–Crippen MR) is 87.2 cm³/mol. The highest BCUT2D eigenvalue weighted by Crippen LogP contribution is 2.28. The Morgan fingerprint density at radius 3 is 2.40 bits per heavy atom. The van der Waals surface area contributed by atoms with Crippen molar-refractivity contribution in [2.75, 3.05) is 13.7 Å². The van der Waals surface area contributed by atoms with Crippen LogP contribution < -0.4 is 5.73 Å². The molecule has 1 unspecified atom stereocenters. The summed E-state index contributed by atoms with van der Waals surface area (Å²) in [4.78, 5) is 0. The number of rotatable bonds is 5. The van der Waals surface area contributed by atoms with Crippen LogP contribution in [0.5, 0.6) is 0 Å². The normalized spacial score (nSPS) is 12.4. The zero-order valence-corrected chi connectivity index (χ0v) is 13.6. The van der Waals surface area contributed by atoms with Crippen LogP contribution in [0.3, 0.4) is 0 Å². The second-order valence-electron chi connectivity index (χ2n) is 4.64. The van der Waals surface area contributed by atoms with E-state index in [0.717, 1.165) is 28.6 Å². The van der Waals surface area contributed by atoms with E-state index >= 15 is 0 Å². The lowest BCUT2D eigenvalue weighted by atomic mass is 9.98. The molecule has 0 saturated carbocycles. The molecule has 2 aromatic carbocycles. The summed E-state index contributed by atoms with van der Waals surface area (Å²) in [5.74, 6) is 0. The lowest BCUT2D eigenvalue weighted by Crippen LogP contribution is -2.11. The highest BCUT2D eigenvalue weighted by Gasteiger charge is 2.10. The molecule has 0 spiro atoms. The van der Waals surface area contributed by atoms with E-state index in [4.69, 9.17) is 22.1 Å². The van der Waals surface area contributed by atoms with Crippen molar-refractivity contribution in [1.82, 2.24) is 0 Å². The minimum absolute atomic E-state index is 0.153. The molecule has 0 amide bonds. The maximum Gasteiger partial charge on any atom is 0.0552 e. The van der Waals surface area contributed by atoms with Crippen molar-refractivity contribution in [1.29, 1.82) is 0 Å². The molecule has 20 heavy (non-hydrogen) atoms. The third-order valence-corrected chi connectivity index (χ3v) is 4.45. The molecule has 4 heteroatoms. The molecule has 0 radical (unpaired) electrons. The van der Waals surface area contributed by atoms with Crippen molar-refractivity contribution in [3.63, 3.8) is 0 Å². The van der Waals surface area contributed by atoms with Crippen LogP contribution >= 0.6 is 27.5 Å². The highest BCUT2D eigenvalue weighted by molar-refractivity contribution is 9.10. The summed E-state index contributed by atoms with van der Waals surface area (Å²) in [6.45, 7) is 0.732. The van der Waals surface area contributed by atoms with Crippen molar-refractivity contribution in [2.24, 2.45) is 5.73 Å². The van der Waals surface area contributed by atoms with Crippen LogP contribution in [0.1, 0.15) is 22.7 Å². The van der Waals surface area contributed by atoms with Gasteiger partial charge in [-0.1, -0.05) is 41.9 Å². The van der Waals surface area contributed by atoms with Crippen molar-refractivity contribution >= 4 is 27.5 Å². The number of ether oxygens (including phenoxy) is 1. The van der Waals surface area contributed by atoms with Crippen molar-refractivity contribution in [3.8, 4) is 0 Å². The lowest BCUT2D eigenvalue weighted by molar-refractivity contribution is 0.202. The maximum absolute atomic E-state index is 6.30. The Labute approximate surface area is 133 Å². The van der Waals surface area contributed by atoms with Gasteiger partial charge in [0.2, 0.25) is 0 Å². The van der Waals surface area contributed by atoms with E-state index in [1.807, 2.05) is 18.2 Å². The Kier molecular flexibility index (Phi) is 5.61. The molecule has 0 aliphatic carbocycles. The average Bonchev–Trinajstić information content (AvgIpc) is 2.48. The second kappa shape index (κ2) is 7.23. The molecule has 1 atom stereocenters. The summed E-state index contributed by atoms with van der Waals surface area (Å²) in [6, 6.07) is 13.9. The quantitative estimate of drug-likeness (QED) is 0.867. The Morgan fingerprint density at radius 2 is 1.80 bits per heavy atom. The average molecular weight is 355 g/mol. The smallest absolute Gasteiger partial charge is 0.0552 e. The molecule has 106 valence electrons. The zero-order chi connectivity index (χ0) is 14.5. The molecule has 0 heterocycles. The lowest BCUT2D eigenvalue weighted by Gasteiger charge is -2.14. The number of benzene rings is 2. The van der Waals surface area contributed by atoms with E-state index in [2.05, 4.69) is 40.2 Å². The van der Waals surface area contributed by atoms with Crippen LogP contribution in [0.15, 0.2) is 46.9 Å². The van der Waals surface area contributed by atoms with Crippen LogP contribution in [0, 0.1) is 0 Å². The molecule has 2 N–H and O–H groups in total. The molecule has 0 aliphatic heterocycles. The van der Waals surface area contributed by atoms with Gasteiger partial charge in [0.05, 0.1) is 17.7 Å². The van der Waals surface area contributed by atoms with Gasteiger partial charge >= 0.3 is 0 Å². The van der Waals surface area contributed by atoms with Gasteiger partial charge in [-0.25, -0.2) is 0 Å². The zero-order valence-electron chi connectivity index (χ0n) is 11.3. The van der Waals surface area contributed by atoms with E-state index in [9.17, 15) is 0 Å². The van der Waals surface area contributed by atoms with Gasteiger partial charge in [-0.3, -0.25) is 0 Å². The Hall–Kier alpha value is -0.870. The first kappa shape index (κ1) is 15.5. The van der Waals surface area contributed by atoms with Crippen LogP contribution in [-0.4, -0.2) is 13.7 Å². The van der Waals surface area contributed by atoms with Gasteiger partial charge in [0.15, 0.2) is 0 Å². The fourth-order valence-corrected chi connectivity index (χ4v) is 2.52. The predicted octanol–water partition coefficient (Wildman–Crippen LogP) is 4.34. The molecule has 0 aliphatic rings. The van der Waals surface area contributed by atoms with E-state index in [0.29, 0.717) is 5.02 Å². The summed E-state index contributed by atoms with van der Waals surface area (Å²) in [6.07, 6.45) is 0.915. The summed E-state index contributed by atoms with van der Waals surface area (Å²) in [5.41, 5.74) is 9.66. The molecular weight excluding hydrogens is 338 g/mol. The molecule has 2 aromatic rings. The fraction of sp³-hybridized carbons (Fsp3) is 0.250. The first-order chi connectivity index (χ1) is 9.61. The summed E-state index contributed by atoms with van der Waals surface area (Å²) < 4.78 is 5.94. The number of hydrogen-bond donors (Lipinski definition) is 1. The third-order valence-electron chi connectivity index (χ3n) is 3.24. The van der Waals surface area contributed by atoms with Gasteiger partial charge in [-0.15, -0.1) is 0 Å². The molecular formula is C16H17BrClNO. The standard InChI is InChI=1S/C16H17BrClNO/c1-20-9-8-11-2-4-12(5-3-11)16(19)13-6-7-15(18)14(17)10-13/h2-7,10,16H,8-9,19H2,1H3. The van der Waals surface area contributed by atoms with Gasteiger partial charge in [0, 0.05) is 11.6 Å². The minimum atomic E-state index is -0.153. The first-order valence-corrected chi connectivity index (χ1v) is 7.57. The number of nitrogens with two attached hydrogens (primary N) is 1. The van der Waals surface area contributed by atoms with Crippen LogP contribution in [0.4, 0.5) is 0 Å². The van der Waals surface area contributed by atoms with Crippen molar-refractivity contribution < 1.29 is 4.74 Å². The van der Waals surface area contributed by atoms with Gasteiger partial charge in [-0.05, 0) is 51.2 Å².